The van der Waals surface area contributed by atoms with Gasteiger partial charge in [-0.25, -0.2) is 0 Å². The number of hydrogen-bond acceptors (Lipinski definition) is 2. The van der Waals surface area contributed by atoms with E-state index in [0.717, 1.165) is 0 Å². The molecule has 0 heterocycles. The van der Waals surface area contributed by atoms with Gasteiger partial charge in [-0.15, -0.1) is 0 Å². The normalized spacial score (nSPS) is 7.20. The molecule has 0 aliphatic rings. The molecule has 0 N–H and O–H groups in total. The second kappa shape index (κ2) is 5.26. The average molecular weight is 169 g/mol. The molecule has 31 valence electrons. The first-order valence-corrected chi connectivity index (χ1v) is 2.13. The Bertz CT molecular complexity index is 12.4. The summed E-state index contributed by atoms with van der Waals surface area (Å²) in [7, 11) is 0. The number of rotatable bonds is 0. The van der Waals surface area contributed by atoms with Gasteiger partial charge in [-0.1, -0.05) is 0 Å². The Hall–Kier alpha value is 1.26. The number of hydrogen-bond donors (Lipinski definition) is 2. The Morgan fingerprint density at radius 3 is 1.40 bits per heavy atom. The van der Waals surface area contributed by atoms with Gasteiger partial charge in [0.15, 0.2) is 0 Å². The van der Waals surface area contributed by atoms with Gasteiger partial charge in [0.2, 0.25) is 0 Å². The second-order valence-electron chi connectivity index (χ2n) is 0.632. The summed E-state index contributed by atoms with van der Waals surface area (Å²) in [5, 5.41) is 0. The van der Waals surface area contributed by atoms with E-state index in [9.17, 15) is 0 Å². The topological polar surface area (TPSA) is 0 Å². The molecule has 0 aliphatic carbocycles. The second-order valence-corrected chi connectivity index (χ2v) is 2.59. The molecule has 0 aromatic heterocycles. The maximum atomic E-state index is 3.83. The summed E-state index contributed by atoms with van der Waals surface area (Å²) in [4.78, 5) is 0. The molecule has 0 rings (SSSR count). The quantitative estimate of drug-likeness (QED) is 0.299. The molecule has 0 bridgehead atoms. The summed E-state index contributed by atoms with van der Waals surface area (Å²) in [5.41, 5.74) is 0. The molecule has 3 radical (unpaired) electrons. The van der Waals surface area contributed by atoms with Gasteiger partial charge in [0.1, 0.15) is 0 Å². The Morgan fingerprint density at radius 1 is 1.40 bits per heavy atom. The molecular formula is C2H6AsS2. The van der Waals surface area contributed by atoms with Gasteiger partial charge in [-0.2, -0.15) is 25.3 Å². The molecule has 0 saturated heterocycles. The van der Waals surface area contributed by atoms with Crippen LogP contribution in [0.2, 0.25) is 0 Å². The minimum Gasteiger partial charge on any atom is -0.166 e. The third-order valence-corrected chi connectivity index (χ3v) is 0. The molecule has 0 fully saturated rings. The molecule has 0 aliphatic heterocycles. The van der Waals surface area contributed by atoms with Gasteiger partial charge in [0.05, 0.1) is 0 Å². The van der Waals surface area contributed by atoms with Crippen LogP contribution in [0.1, 0.15) is 6.92 Å². The first-order valence-electron chi connectivity index (χ1n) is 1.09. The third kappa shape index (κ3) is 35.3. The Labute approximate surface area is 54.9 Å². The van der Waals surface area contributed by atoms with Crippen molar-refractivity contribution in [3.63, 3.8) is 0 Å². The monoisotopic (exact) mass is 169 g/mol. The van der Waals surface area contributed by atoms with E-state index in [4.69, 9.17) is 0 Å². The summed E-state index contributed by atoms with van der Waals surface area (Å²) >= 11 is 7.66. The fourth-order valence-corrected chi connectivity index (χ4v) is 0. The first-order chi connectivity index (χ1) is 1.73. The van der Waals surface area contributed by atoms with Crippen LogP contribution in [0.3, 0.4) is 0 Å². The third-order valence-electron chi connectivity index (χ3n) is 0. The van der Waals surface area contributed by atoms with Crippen LogP contribution in [0, 0.1) is 0 Å². The largest absolute Gasteiger partial charge is 0.166 e. The van der Waals surface area contributed by atoms with Crippen molar-refractivity contribution in [3.05, 3.63) is 0 Å². The summed E-state index contributed by atoms with van der Waals surface area (Å²) in [6.45, 7) is 1.90. The van der Waals surface area contributed by atoms with Crippen LogP contribution < -0.4 is 0 Å². The van der Waals surface area contributed by atoms with Crippen molar-refractivity contribution in [2.24, 2.45) is 0 Å². The van der Waals surface area contributed by atoms with Crippen LogP contribution in [0.4, 0.5) is 0 Å². The Kier molecular flexibility index (Phi) is 10.0. The van der Waals surface area contributed by atoms with E-state index < -0.39 is 0 Å². The molecule has 5 heavy (non-hydrogen) atoms. The van der Waals surface area contributed by atoms with Gasteiger partial charge in [0.25, 0.3) is 0 Å². The van der Waals surface area contributed by atoms with Gasteiger partial charge in [-0.05, 0) is 6.92 Å². The summed E-state index contributed by atoms with van der Waals surface area (Å²) in [5.74, 6) is 0. The van der Waals surface area contributed by atoms with Crippen LogP contribution >= 0.6 is 25.3 Å². The van der Waals surface area contributed by atoms with Crippen molar-refractivity contribution in [2.45, 2.75) is 11.5 Å². The molecule has 0 aromatic carbocycles. The van der Waals surface area contributed by atoms with Gasteiger partial charge < -0.3 is 0 Å². The van der Waals surface area contributed by atoms with E-state index >= 15 is 0 Å². The standard InChI is InChI=1S/C2H6S2.As/c1-2(3)4;/h2-4H,1H3;. The van der Waals surface area contributed by atoms with E-state index in [0.29, 0.717) is 0 Å². The summed E-state index contributed by atoms with van der Waals surface area (Å²) < 4.78 is 0.222. The van der Waals surface area contributed by atoms with E-state index in [1.54, 1.807) is 0 Å². The average Bonchev–Trinajstić information content (AvgIpc) is 0.811. The molecular weight excluding hydrogens is 163 g/mol. The molecule has 0 atom stereocenters. The van der Waals surface area contributed by atoms with Gasteiger partial charge in [-0.3, -0.25) is 0 Å². The van der Waals surface area contributed by atoms with Crippen molar-refractivity contribution in [2.75, 3.05) is 0 Å². The SMILES string of the molecule is CC(S)S.[As]. The molecule has 0 nitrogen and oxygen atoms in total. The zero-order valence-corrected chi connectivity index (χ0v) is 6.58. The minimum absolute atomic E-state index is 0. The van der Waals surface area contributed by atoms with E-state index in [1.165, 1.54) is 0 Å². The Morgan fingerprint density at radius 2 is 1.40 bits per heavy atom. The molecule has 0 amide bonds. The van der Waals surface area contributed by atoms with Crippen molar-refractivity contribution in [3.8, 4) is 0 Å². The van der Waals surface area contributed by atoms with Crippen LogP contribution in [0.15, 0.2) is 0 Å². The fraction of sp³-hybridized carbons (Fsp3) is 1.00. The summed E-state index contributed by atoms with van der Waals surface area (Å²) in [6.07, 6.45) is 0. The van der Waals surface area contributed by atoms with Crippen LogP contribution in [-0.4, -0.2) is 22.5 Å². The first kappa shape index (κ1) is 9.54. The van der Waals surface area contributed by atoms with Crippen molar-refractivity contribution < 1.29 is 0 Å². The number of thiol groups is 2. The fourth-order valence-electron chi connectivity index (χ4n) is 0. The van der Waals surface area contributed by atoms with Crippen LogP contribution in [0.5, 0.6) is 0 Å². The molecule has 0 unspecified atom stereocenters. The van der Waals surface area contributed by atoms with Gasteiger partial charge >= 0.3 is 0 Å². The Balaban J connectivity index is 0. The van der Waals surface area contributed by atoms with E-state index in [-0.39, 0.29) is 22.5 Å². The predicted molar refractivity (Wildman–Crippen MR) is 33.2 cm³/mol. The zero-order valence-electron chi connectivity index (χ0n) is 2.92. The maximum Gasteiger partial charge on any atom is 0.0414 e. The van der Waals surface area contributed by atoms with Crippen LogP contribution in [0.25, 0.3) is 0 Å². The van der Waals surface area contributed by atoms with E-state index in [1.807, 2.05) is 6.92 Å². The smallest absolute Gasteiger partial charge is 0.0414 e. The maximum absolute atomic E-state index is 3.83. The zero-order chi connectivity index (χ0) is 3.58. The van der Waals surface area contributed by atoms with Gasteiger partial charge in [0, 0.05) is 22.5 Å². The van der Waals surface area contributed by atoms with Crippen molar-refractivity contribution in [1.29, 1.82) is 0 Å². The molecule has 3 heteroatoms. The minimum atomic E-state index is 0. The summed E-state index contributed by atoms with van der Waals surface area (Å²) in [6, 6.07) is 0. The van der Waals surface area contributed by atoms with Crippen LogP contribution in [-0.2, 0) is 0 Å². The molecule has 0 saturated carbocycles. The van der Waals surface area contributed by atoms with Crippen molar-refractivity contribution in [1.82, 2.24) is 0 Å². The van der Waals surface area contributed by atoms with E-state index in [2.05, 4.69) is 25.3 Å². The molecule has 0 aromatic rings. The predicted octanol–water partition coefficient (Wildman–Crippen LogP) is 0.811. The molecule has 0 spiro atoms. The van der Waals surface area contributed by atoms with Crippen molar-refractivity contribution >= 4 is 43.2 Å².